The van der Waals surface area contributed by atoms with Gasteiger partial charge in [-0.05, 0) is 87.4 Å². The zero-order chi connectivity index (χ0) is 26.9. The fraction of sp³-hybridized carbons (Fsp3) is 0.533. The molecular weight excluding hydrogens is 498 g/mol. The molecule has 38 heavy (non-hydrogen) atoms. The highest BCUT2D eigenvalue weighted by Gasteiger charge is 2.27. The lowest BCUT2D eigenvalue weighted by molar-refractivity contribution is -0.121. The van der Waals surface area contributed by atoms with Crippen molar-refractivity contribution in [1.29, 1.82) is 0 Å². The second-order valence-electron chi connectivity index (χ2n) is 10.1. The van der Waals surface area contributed by atoms with Crippen molar-refractivity contribution in [2.24, 2.45) is 0 Å². The molecule has 2 N–H and O–H groups in total. The Bertz CT molecular complexity index is 1270. The third kappa shape index (κ3) is 7.17. The molecule has 0 bridgehead atoms. The lowest BCUT2D eigenvalue weighted by atomic mass is 9.86. The highest BCUT2D eigenvalue weighted by Crippen LogP contribution is 2.38. The van der Waals surface area contributed by atoms with Crippen molar-refractivity contribution in [3.63, 3.8) is 0 Å². The number of hydrogen-bond acceptors (Lipinski definition) is 6. The van der Waals surface area contributed by atoms with Gasteiger partial charge < -0.3 is 24.7 Å². The molecule has 1 aliphatic carbocycles. The van der Waals surface area contributed by atoms with Crippen molar-refractivity contribution in [3.05, 3.63) is 56.7 Å². The number of hydrogen-bond donors (Lipinski definition) is 2. The third-order valence-electron chi connectivity index (χ3n) is 7.53. The van der Waals surface area contributed by atoms with Crippen LogP contribution in [0.1, 0.15) is 62.1 Å². The van der Waals surface area contributed by atoms with Crippen LogP contribution in [0.2, 0.25) is 0 Å². The molecule has 1 amide bonds. The van der Waals surface area contributed by atoms with Crippen LogP contribution in [-0.4, -0.2) is 55.7 Å². The first-order valence-electron chi connectivity index (χ1n) is 13.9. The predicted octanol–water partition coefficient (Wildman–Crippen LogP) is 5.10. The Hall–Kier alpha value is -2.84. The minimum absolute atomic E-state index is 0.0333. The zero-order valence-electron chi connectivity index (χ0n) is 22.9. The topological polar surface area (TPSA) is 83.7 Å². The van der Waals surface area contributed by atoms with E-state index in [9.17, 15) is 9.59 Å². The van der Waals surface area contributed by atoms with E-state index in [2.05, 4.69) is 28.2 Å². The maximum atomic E-state index is 12.3. The normalized spacial score (nSPS) is 15.0. The number of aromatic amines is 1. The van der Waals surface area contributed by atoms with Gasteiger partial charge in [0.05, 0.1) is 24.4 Å². The van der Waals surface area contributed by atoms with Gasteiger partial charge in [0.2, 0.25) is 5.91 Å². The molecule has 0 spiro atoms. The van der Waals surface area contributed by atoms with Gasteiger partial charge in [-0.15, -0.1) is 0 Å². The lowest BCUT2D eigenvalue weighted by Crippen LogP contribution is -2.40. The predicted molar refractivity (Wildman–Crippen MR) is 155 cm³/mol. The van der Waals surface area contributed by atoms with Gasteiger partial charge in [-0.3, -0.25) is 9.59 Å². The van der Waals surface area contributed by atoms with Gasteiger partial charge >= 0.3 is 4.87 Å². The van der Waals surface area contributed by atoms with E-state index in [-0.39, 0.29) is 10.8 Å². The van der Waals surface area contributed by atoms with Crippen LogP contribution >= 0.6 is 11.3 Å². The minimum Gasteiger partial charge on any atom is -0.493 e. The Morgan fingerprint density at radius 3 is 2.79 bits per heavy atom. The SMILES string of the molecule is CCCN(CCCCCC(=O)NCCc1ccc2[nH]c(=O)sc2c1)C1CCc2c(ccc(OC)c2OC)C1. The largest absolute Gasteiger partial charge is 0.493 e. The molecule has 8 heteroatoms. The quantitative estimate of drug-likeness (QED) is 0.279. The first-order valence-corrected chi connectivity index (χ1v) is 14.7. The van der Waals surface area contributed by atoms with Crippen LogP contribution in [0.25, 0.3) is 10.2 Å². The second-order valence-corrected chi connectivity index (χ2v) is 11.1. The molecule has 1 unspecified atom stereocenters. The number of carbonyl (C=O) groups is 1. The number of benzene rings is 2. The third-order valence-corrected chi connectivity index (χ3v) is 8.37. The second kappa shape index (κ2) is 13.8. The molecule has 0 saturated heterocycles. The van der Waals surface area contributed by atoms with Gasteiger partial charge in [0.15, 0.2) is 11.5 Å². The maximum absolute atomic E-state index is 12.3. The molecule has 7 nitrogen and oxygen atoms in total. The lowest BCUT2D eigenvalue weighted by Gasteiger charge is -2.36. The average molecular weight is 540 g/mol. The number of ether oxygens (including phenoxy) is 2. The molecule has 1 aromatic heterocycles. The summed E-state index contributed by atoms with van der Waals surface area (Å²) in [5, 5.41) is 3.05. The Morgan fingerprint density at radius 1 is 1.13 bits per heavy atom. The van der Waals surface area contributed by atoms with E-state index in [1.165, 1.54) is 22.5 Å². The summed E-state index contributed by atoms with van der Waals surface area (Å²) in [6, 6.07) is 10.8. The molecule has 0 radical (unpaired) electrons. The standard InChI is InChI=1S/C30H41N3O4S/c1-4-17-33(23-11-12-24-22(20-23)10-14-26(36-2)29(24)37-3)18-7-5-6-8-28(34)31-16-15-21-9-13-25-27(19-21)38-30(35)32-25/h9-10,13-14,19,23H,4-8,11-12,15-18,20H2,1-3H3,(H,31,34)(H,32,35). The highest BCUT2D eigenvalue weighted by atomic mass is 32.1. The van der Waals surface area contributed by atoms with Crippen LogP contribution in [0, 0.1) is 0 Å². The van der Waals surface area contributed by atoms with E-state index in [0.717, 1.165) is 91.7 Å². The molecule has 1 atom stereocenters. The maximum Gasteiger partial charge on any atom is 0.305 e. The summed E-state index contributed by atoms with van der Waals surface area (Å²) in [4.78, 5) is 29.2. The molecule has 0 saturated carbocycles. The molecular formula is C30H41N3O4S. The van der Waals surface area contributed by atoms with Crippen molar-refractivity contribution in [2.75, 3.05) is 33.9 Å². The number of nitrogens with one attached hydrogen (secondary N) is 2. The molecule has 206 valence electrons. The zero-order valence-corrected chi connectivity index (χ0v) is 23.8. The van der Waals surface area contributed by atoms with Crippen LogP contribution < -0.4 is 19.7 Å². The number of rotatable bonds is 14. The van der Waals surface area contributed by atoms with Crippen LogP contribution in [-0.2, 0) is 24.1 Å². The summed E-state index contributed by atoms with van der Waals surface area (Å²) in [7, 11) is 3.42. The van der Waals surface area contributed by atoms with Gasteiger partial charge in [-0.25, -0.2) is 0 Å². The molecule has 4 rings (SSSR count). The molecule has 0 fully saturated rings. The number of fused-ring (bicyclic) bond motifs is 2. The van der Waals surface area contributed by atoms with Crippen LogP contribution in [0.15, 0.2) is 35.1 Å². The fourth-order valence-corrected chi connectivity index (χ4v) is 6.40. The van der Waals surface area contributed by atoms with Crippen molar-refractivity contribution in [2.45, 2.75) is 70.8 Å². The van der Waals surface area contributed by atoms with E-state index in [1.54, 1.807) is 14.2 Å². The Kier molecular flexibility index (Phi) is 10.2. The Balaban J connectivity index is 1.16. The fourth-order valence-electron chi connectivity index (χ4n) is 5.60. The van der Waals surface area contributed by atoms with Gasteiger partial charge in [0.25, 0.3) is 0 Å². The average Bonchev–Trinajstić information content (AvgIpc) is 3.30. The van der Waals surface area contributed by atoms with E-state index in [1.807, 2.05) is 24.3 Å². The summed E-state index contributed by atoms with van der Waals surface area (Å²) < 4.78 is 12.1. The van der Waals surface area contributed by atoms with Crippen LogP contribution in [0.4, 0.5) is 0 Å². The van der Waals surface area contributed by atoms with E-state index in [0.29, 0.717) is 19.0 Å². The highest BCUT2D eigenvalue weighted by molar-refractivity contribution is 7.16. The minimum atomic E-state index is -0.0333. The monoisotopic (exact) mass is 539 g/mol. The van der Waals surface area contributed by atoms with E-state index in [4.69, 9.17) is 9.47 Å². The van der Waals surface area contributed by atoms with E-state index >= 15 is 0 Å². The van der Waals surface area contributed by atoms with E-state index < -0.39 is 0 Å². The number of carbonyl (C=O) groups excluding carboxylic acids is 1. The number of aromatic nitrogens is 1. The van der Waals surface area contributed by atoms with Crippen molar-refractivity contribution in [3.8, 4) is 11.5 Å². The first kappa shape index (κ1) is 28.2. The number of H-pyrrole nitrogens is 1. The van der Waals surface area contributed by atoms with Gasteiger partial charge in [0, 0.05) is 24.6 Å². The van der Waals surface area contributed by atoms with Gasteiger partial charge in [-0.1, -0.05) is 36.8 Å². The van der Waals surface area contributed by atoms with Crippen LogP contribution in [0.3, 0.4) is 0 Å². The summed E-state index contributed by atoms with van der Waals surface area (Å²) in [6.45, 7) is 5.06. The number of methoxy groups -OCH3 is 2. The molecule has 1 aliphatic rings. The summed E-state index contributed by atoms with van der Waals surface area (Å²) >= 11 is 1.22. The number of thiazole rings is 1. The number of nitrogens with zero attached hydrogens (tertiary/aromatic N) is 1. The first-order chi connectivity index (χ1) is 18.5. The summed E-state index contributed by atoms with van der Waals surface area (Å²) in [5.74, 6) is 1.83. The van der Waals surface area contributed by atoms with Crippen molar-refractivity contribution >= 4 is 27.5 Å². The van der Waals surface area contributed by atoms with Crippen LogP contribution in [0.5, 0.6) is 11.5 Å². The summed E-state index contributed by atoms with van der Waals surface area (Å²) in [6.07, 6.45) is 8.77. The Morgan fingerprint density at radius 2 is 2.00 bits per heavy atom. The number of amides is 1. The molecule has 0 aliphatic heterocycles. The molecule has 2 aromatic carbocycles. The molecule has 3 aromatic rings. The molecule has 1 heterocycles. The number of unbranched alkanes of at least 4 members (excludes halogenated alkanes) is 2. The summed E-state index contributed by atoms with van der Waals surface area (Å²) in [5.41, 5.74) is 4.68. The van der Waals surface area contributed by atoms with Gasteiger partial charge in [-0.2, -0.15) is 0 Å². The van der Waals surface area contributed by atoms with Crippen molar-refractivity contribution < 1.29 is 14.3 Å². The van der Waals surface area contributed by atoms with Gasteiger partial charge in [0.1, 0.15) is 0 Å². The smallest absolute Gasteiger partial charge is 0.305 e. The Labute approximate surface area is 229 Å². The van der Waals surface area contributed by atoms with Crippen molar-refractivity contribution in [1.82, 2.24) is 15.2 Å².